The quantitative estimate of drug-likeness (QED) is 0.813. The number of nitrogens with two attached hydrogens (primary N) is 1. The van der Waals surface area contributed by atoms with Crippen LogP contribution in [-0.4, -0.2) is 30.4 Å². The highest BCUT2D eigenvalue weighted by atomic mass is 35.5. The van der Waals surface area contributed by atoms with Crippen LogP contribution in [0.5, 0.6) is 0 Å². The van der Waals surface area contributed by atoms with Crippen molar-refractivity contribution in [2.45, 2.75) is 40.0 Å². The van der Waals surface area contributed by atoms with Gasteiger partial charge in [-0.3, -0.25) is 4.79 Å². The first-order valence-corrected chi connectivity index (χ1v) is 5.93. The van der Waals surface area contributed by atoms with Crippen LogP contribution in [-0.2, 0) is 4.79 Å². The van der Waals surface area contributed by atoms with E-state index in [-0.39, 0.29) is 18.3 Å². The first kappa shape index (κ1) is 15.7. The van der Waals surface area contributed by atoms with Crippen LogP contribution in [0.4, 0.5) is 0 Å². The predicted octanol–water partition coefficient (Wildman–Crippen LogP) is 2.04. The molecule has 3 nitrogen and oxygen atoms in total. The highest BCUT2D eigenvalue weighted by molar-refractivity contribution is 5.85. The van der Waals surface area contributed by atoms with Crippen LogP contribution in [0.2, 0.25) is 0 Å². The standard InChI is InChI=1S/C12H24N2O.ClH/c1-12(2,3)10-5-8-14(9-6-10)11(15)4-7-13;/h10H,4-9,13H2,1-3H3;1H. The minimum absolute atomic E-state index is 0. The largest absolute Gasteiger partial charge is 0.343 e. The van der Waals surface area contributed by atoms with E-state index in [9.17, 15) is 4.79 Å². The normalized spacial score (nSPS) is 18.1. The molecule has 0 bridgehead atoms. The van der Waals surface area contributed by atoms with E-state index in [0.29, 0.717) is 18.4 Å². The Morgan fingerprint density at radius 3 is 2.19 bits per heavy atom. The Hall–Kier alpha value is -0.280. The molecule has 1 amide bonds. The van der Waals surface area contributed by atoms with Gasteiger partial charge in [-0.15, -0.1) is 12.4 Å². The van der Waals surface area contributed by atoms with Gasteiger partial charge < -0.3 is 10.6 Å². The average Bonchev–Trinajstić information content (AvgIpc) is 2.17. The number of likely N-dealkylation sites (tertiary alicyclic amines) is 1. The van der Waals surface area contributed by atoms with E-state index >= 15 is 0 Å². The summed E-state index contributed by atoms with van der Waals surface area (Å²) in [5, 5.41) is 0. The van der Waals surface area contributed by atoms with E-state index < -0.39 is 0 Å². The third-order valence-electron chi connectivity index (χ3n) is 3.43. The SMILES string of the molecule is CC(C)(C)C1CCN(C(=O)CCN)CC1.Cl. The zero-order valence-electron chi connectivity index (χ0n) is 10.7. The zero-order valence-corrected chi connectivity index (χ0v) is 11.5. The lowest BCUT2D eigenvalue weighted by atomic mass is 9.75. The van der Waals surface area contributed by atoms with Gasteiger partial charge in [0.2, 0.25) is 5.91 Å². The topological polar surface area (TPSA) is 46.3 Å². The van der Waals surface area contributed by atoms with Crippen molar-refractivity contribution in [1.82, 2.24) is 4.90 Å². The van der Waals surface area contributed by atoms with E-state index in [2.05, 4.69) is 20.8 Å². The van der Waals surface area contributed by atoms with Gasteiger partial charge in [0, 0.05) is 26.1 Å². The molecule has 1 rings (SSSR count). The molecular formula is C12H25ClN2O. The lowest BCUT2D eigenvalue weighted by Gasteiger charge is -2.38. The van der Waals surface area contributed by atoms with E-state index in [1.165, 1.54) is 0 Å². The molecule has 4 heteroatoms. The summed E-state index contributed by atoms with van der Waals surface area (Å²) in [6.45, 7) is 9.17. The molecule has 96 valence electrons. The molecule has 0 aliphatic carbocycles. The molecule has 0 spiro atoms. The number of rotatable bonds is 2. The molecule has 1 fully saturated rings. The second-order valence-electron chi connectivity index (χ2n) is 5.56. The van der Waals surface area contributed by atoms with E-state index in [4.69, 9.17) is 5.73 Å². The molecule has 1 aliphatic heterocycles. The fraction of sp³-hybridized carbons (Fsp3) is 0.917. The van der Waals surface area contributed by atoms with Gasteiger partial charge >= 0.3 is 0 Å². The summed E-state index contributed by atoms with van der Waals surface area (Å²) in [4.78, 5) is 13.6. The Morgan fingerprint density at radius 1 is 1.31 bits per heavy atom. The Labute approximate surface area is 105 Å². The fourth-order valence-corrected chi connectivity index (χ4v) is 2.28. The maximum Gasteiger partial charge on any atom is 0.223 e. The fourth-order valence-electron chi connectivity index (χ4n) is 2.28. The number of carbonyl (C=O) groups excluding carboxylic acids is 1. The summed E-state index contributed by atoms with van der Waals surface area (Å²) < 4.78 is 0. The minimum atomic E-state index is 0. The van der Waals surface area contributed by atoms with E-state index in [1.807, 2.05) is 4.90 Å². The molecule has 2 N–H and O–H groups in total. The molecule has 0 saturated carbocycles. The Kier molecular flexibility index (Phi) is 6.34. The predicted molar refractivity (Wildman–Crippen MR) is 69.7 cm³/mol. The van der Waals surface area contributed by atoms with Crippen LogP contribution >= 0.6 is 12.4 Å². The summed E-state index contributed by atoms with van der Waals surface area (Å²) in [5.74, 6) is 0.976. The highest BCUT2D eigenvalue weighted by Crippen LogP contribution is 2.34. The number of nitrogens with zero attached hydrogens (tertiary/aromatic N) is 1. The lowest BCUT2D eigenvalue weighted by Crippen LogP contribution is -2.41. The van der Waals surface area contributed by atoms with Gasteiger partial charge in [0.15, 0.2) is 0 Å². The zero-order chi connectivity index (χ0) is 11.5. The van der Waals surface area contributed by atoms with Crippen molar-refractivity contribution < 1.29 is 4.79 Å². The summed E-state index contributed by atoms with van der Waals surface area (Å²) in [6, 6.07) is 0. The first-order chi connectivity index (χ1) is 6.95. The number of carbonyl (C=O) groups is 1. The van der Waals surface area contributed by atoms with Gasteiger partial charge in [-0.2, -0.15) is 0 Å². The molecule has 1 aliphatic rings. The van der Waals surface area contributed by atoms with E-state index in [1.54, 1.807) is 0 Å². The number of halogens is 1. The molecule has 0 atom stereocenters. The molecule has 16 heavy (non-hydrogen) atoms. The molecule has 0 aromatic carbocycles. The molecule has 0 unspecified atom stereocenters. The third kappa shape index (κ3) is 4.30. The maximum atomic E-state index is 11.6. The number of hydrogen-bond acceptors (Lipinski definition) is 2. The van der Waals surface area contributed by atoms with Crippen LogP contribution in [0, 0.1) is 11.3 Å². The van der Waals surface area contributed by atoms with Crippen molar-refractivity contribution in [1.29, 1.82) is 0 Å². The minimum Gasteiger partial charge on any atom is -0.343 e. The average molecular weight is 249 g/mol. The number of piperidine rings is 1. The Morgan fingerprint density at radius 2 is 1.81 bits per heavy atom. The van der Waals surface area contributed by atoms with Crippen LogP contribution in [0.25, 0.3) is 0 Å². The van der Waals surface area contributed by atoms with Crippen LogP contribution in [0.1, 0.15) is 40.0 Å². The molecule has 1 saturated heterocycles. The summed E-state index contributed by atoms with van der Waals surface area (Å²) in [6.07, 6.45) is 2.78. The molecule has 1 heterocycles. The van der Waals surface area contributed by atoms with Crippen LogP contribution in [0.3, 0.4) is 0 Å². The van der Waals surface area contributed by atoms with Crippen molar-refractivity contribution in [3.8, 4) is 0 Å². The molecular weight excluding hydrogens is 224 g/mol. The monoisotopic (exact) mass is 248 g/mol. The molecule has 0 radical (unpaired) electrons. The second kappa shape index (κ2) is 6.45. The smallest absolute Gasteiger partial charge is 0.223 e. The Bertz CT molecular complexity index is 218. The van der Waals surface area contributed by atoms with Gasteiger partial charge in [0.1, 0.15) is 0 Å². The van der Waals surface area contributed by atoms with Crippen LogP contribution in [0.15, 0.2) is 0 Å². The molecule has 0 aromatic rings. The summed E-state index contributed by atoms with van der Waals surface area (Å²) in [5.41, 5.74) is 5.76. The van der Waals surface area contributed by atoms with Crippen molar-refractivity contribution in [3.05, 3.63) is 0 Å². The van der Waals surface area contributed by atoms with Gasteiger partial charge in [-0.05, 0) is 24.2 Å². The lowest BCUT2D eigenvalue weighted by molar-refractivity contribution is -0.132. The first-order valence-electron chi connectivity index (χ1n) is 5.93. The van der Waals surface area contributed by atoms with Gasteiger partial charge in [0.25, 0.3) is 0 Å². The molecule has 0 aromatic heterocycles. The van der Waals surface area contributed by atoms with Crippen LogP contribution < -0.4 is 5.73 Å². The van der Waals surface area contributed by atoms with Gasteiger partial charge in [0.05, 0.1) is 0 Å². The van der Waals surface area contributed by atoms with Gasteiger partial charge in [-0.1, -0.05) is 20.8 Å². The van der Waals surface area contributed by atoms with Gasteiger partial charge in [-0.25, -0.2) is 0 Å². The number of hydrogen-bond donors (Lipinski definition) is 1. The van der Waals surface area contributed by atoms with Crippen molar-refractivity contribution in [2.75, 3.05) is 19.6 Å². The Balaban J connectivity index is 0.00000225. The maximum absolute atomic E-state index is 11.6. The van der Waals surface area contributed by atoms with E-state index in [0.717, 1.165) is 31.8 Å². The summed E-state index contributed by atoms with van der Waals surface area (Å²) >= 11 is 0. The van der Waals surface area contributed by atoms with Crippen molar-refractivity contribution in [2.24, 2.45) is 17.1 Å². The highest BCUT2D eigenvalue weighted by Gasteiger charge is 2.29. The third-order valence-corrected chi connectivity index (χ3v) is 3.43. The number of amides is 1. The van der Waals surface area contributed by atoms with Crippen molar-refractivity contribution >= 4 is 18.3 Å². The second-order valence-corrected chi connectivity index (χ2v) is 5.56. The summed E-state index contributed by atoms with van der Waals surface area (Å²) in [7, 11) is 0. The van der Waals surface area contributed by atoms with Crippen molar-refractivity contribution in [3.63, 3.8) is 0 Å².